The Morgan fingerprint density at radius 2 is 2.00 bits per heavy atom. The van der Waals surface area contributed by atoms with E-state index in [9.17, 15) is 4.79 Å². The first kappa shape index (κ1) is 15.4. The third-order valence-electron chi connectivity index (χ3n) is 4.17. The van der Waals surface area contributed by atoms with Gasteiger partial charge in [0, 0.05) is 11.9 Å². The lowest BCUT2D eigenvalue weighted by atomic mass is 9.75. The van der Waals surface area contributed by atoms with Crippen LogP contribution in [0.15, 0.2) is 24.3 Å². The number of para-hydroxylation sites is 1. The van der Waals surface area contributed by atoms with Crippen LogP contribution < -0.4 is 10.1 Å². The highest BCUT2D eigenvalue weighted by atomic mass is 79.9. The number of carbonyl (C=O) groups excluding carboxylic acids is 1. The number of hydrogen-bond acceptors (Lipinski definition) is 2. The molecule has 0 aliphatic heterocycles. The van der Waals surface area contributed by atoms with Crippen molar-refractivity contribution >= 4 is 21.8 Å². The molecule has 110 valence electrons. The predicted octanol–water partition coefficient (Wildman–Crippen LogP) is 3.77. The molecule has 1 aliphatic carbocycles. The summed E-state index contributed by atoms with van der Waals surface area (Å²) in [5.41, 5.74) is 0.825. The molecule has 0 spiro atoms. The fourth-order valence-electron chi connectivity index (χ4n) is 2.85. The third-order valence-corrected chi connectivity index (χ3v) is 5.36. The average molecular weight is 340 g/mol. The highest BCUT2D eigenvalue weighted by molar-refractivity contribution is 9.09. The van der Waals surface area contributed by atoms with Crippen molar-refractivity contribution < 1.29 is 9.53 Å². The Morgan fingerprint density at radius 1 is 1.30 bits per heavy atom. The first-order valence-corrected chi connectivity index (χ1v) is 8.30. The maximum atomic E-state index is 12.3. The summed E-state index contributed by atoms with van der Waals surface area (Å²) in [5.74, 6) is 0.579. The predicted molar refractivity (Wildman–Crippen MR) is 84.6 cm³/mol. The number of rotatable bonds is 5. The summed E-state index contributed by atoms with van der Waals surface area (Å²) < 4.78 is 5.24. The molecule has 1 aromatic rings. The van der Waals surface area contributed by atoms with Gasteiger partial charge in [-0.1, -0.05) is 47.3 Å². The van der Waals surface area contributed by atoms with E-state index in [-0.39, 0.29) is 11.3 Å². The number of alkyl halides is 1. The van der Waals surface area contributed by atoms with Crippen LogP contribution in [0.2, 0.25) is 0 Å². The summed E-state index contributed by atoms with van der Waals surface area (Å²) in [6.45, 7) is 0.731. The van der Waals surface area contributed by atoms with Crippen molar-refractivity contribution in [1.82, 2.24) is 5.32 Å². The van der Waals surface area contributed by atoms with Gasteiger partial charge in [-0.25, -0.2) is 0 Å². The van der Waals surface area contributed by atoms with E-state index in [2.05, 4.69) is 21.2 Å². The van der Waals surface area contributed by atoms with Crippen molar-refractivity contribution in [2.75, 3.05) is 19.0 Å². The lowest BCUT2D eigenvalue weighted by Gasteiger charge is -2.35. The number of amides is 1. The van der Waals surface area contributed by atoms with Crippen LogP contribution >= 0.6 is 15.9 Å². The number of carbonyl (C=O) groups is 1. The molecule has 1 N–H and O–H groups in total. The van der Waals surface area contributed by atoms with E-state index in [1.165, 1.54) is 32.1 Å². The molecule has 4 heteroatoms. The normalized spacial score (nSPS) is 17.5. The maximum Gasteiger partial charge on any atom is 0.255 e. The Bertz CT molecular complexity index is 456. The first-order valence-electron chi connectivity index (χ1n) is 7.18. The maximum absolute atomic E-state index is 12.3. The van der Waals surface area contributed by atoms with Gasteiger partial charge in [-0.05, 0) is 30.4 Å². The number of methoxy groups -OCH3 is 1. The zero-order chi connectivity index (χ0) is 14.4. The summed E-state index contributed by atoms with van der Waals surface area (Å²) in [7, 11) is 1.59. The third kappa shape index (κ3) is 3.54. The molecule has 0 bridgehead atoms. The molecule has 1 amide bonds. The van der Waals surface area contributed by atoms with Crippen molar-refractivity contribution in [2.24, 2.45) is 5.41 Å². The van der Waals surface area contributed by atoms with Crippen LogP contribution in [-0.4, -0.2) is 24.9 Å². The second kappa shape index (κ2) is 7.11. The summed E-state index contributed by atoms with van der Waals surface area (Å²) in [5, 5.41) is 4.04. The lowest BCUT2D eigenvalue weighted by molar-refractivity contribution is 0.0919. The van der Waals surface area contributed by atoms with E-state index >= 15 is 0 Å². The van der Waals surface area contributed by atoms with Gasteiger partial charge in [-0.15, -0.1) is 0 Å². The Hall–Kier alpha value is -1.03. The molecule has 0 heterocycles. The van der Waals surface area contributed by atoms with Crippen molar-refractivity contribution in [2.45, 2.75) is 32.1 Å². The lowest BCUT2D eigenvalue weighted by Crippen LogP contribution is -2.40. The highest BCUT2D eigenvalue weighted by Gasteiger charge is 2.31. The van der Waals surface area contributed by atoms with Crippen LogP contribution in [0.3, 0.4) is 0 Å². The minimum Gasteiger partial charge on any atom is -0.496 e. The minimum absolute atomic E-state index is 0.0478. The smallest absolute Gasteiger partial charge is 0.255 e. The largest absolute Gasteiger partial charge is 0.496 e. The van der Waals surface area contributed by atoms with Gasteiger partial charge in [0.05, 0.1) is 12.7 Å². The van der Waals surface area contributed by atoms with Gasteiger partial charge in [-0.3, -0.25) is 4.79 Å². The number of hydrogen-bond donors (Lipinski definition) is 1. The Kier molecular flexibility index (Phi) is 5.46. The van der Waals surface area contributed by atoms with E-state index in [1.54, 1.807) is 13.2 Å². The topological polar surface area (TPSA) is 38.3 Å². The minimum atomic E-state index is -0.0478. The molecular formula is C16H22BrNO2. The number of nitrogens with one attached hydrogen (secondary N) is 1. The van der Waals surface area contributed by atoms with Crippen molar-refractivity contribution in [3.8, 4) is 5.75 Å². The Labute approximate surface area is 129 Å². The molecule has 3 nitrogen and oxygen atoms in total. The summed E-state index contributed by atoms with van der Waals surface area (Å²) in [4.78, 5) is 12.3. The highest BCUT2D eigenvalue weighted by Crippen LogP contribution is 2.37. The van der Waals surface area contributed by atoms with Gasteiger partial charge in [-0.2, -0.15) is 0 Å². The van der Waals surface area contributed by atoms with Crippen LogP contribution in [0.4, 0.5) is 0 Å². The molecule has 2 rings (SSSR count). The summed E-state index contributed by atoms with van der Waals surface area (Å²) in [6.07, 6.45) is 6.20. The van der Waals surface area contributed by atoms with E-state index < -0.39 is 0 Å². The zero-order valence-corrected chi connectivity index (χ0v) is 13.5. The van der Waals surface area contributed by atoms with Gasteiger partial charge in [0.15, 0.2) is 0 Å². The Balaban J connectivity index is 2.00. The van der Waals surface area contributed by atoms with Gasteiger partial charge < -0.3 is 10.1 Å². The fourth-order valence-corrected chi connectivity index (χ4v) is 3.61. The Morgan fingerprint density at radius 3 is 2.65 bits per heavy atom. The molecule has 1 aromatic carbocycles. The molecular weight excluding hydrogens is 318 g/mol. The van der Waals surface area contributed by atoms with Crippen LogP contribution in [-0.2, 0) is 0 Å². The number of halogens is 1. The van der Waals surface area contributed by atoms with E-state index in [4.69, 9.17) is 4.74 Å². The molecule has 0 radical (unpaired) electrons. The van der Waals surface area contributed by atoms with Gasteiger partial charge >= 0.3 is 0 Å². The number of benzene rings is 1. The van der Waals surface area contributed by atoms with Crippen LogP contribution in [0.25, 0.3) is 0 Å². The fraction of sp³-hybridized carbons (Fsp3) is 0.562. The first-order chi connectivity index (χ1) is 9.71. The van der Waals surface area contributed by atoms with Gasteiger partial charge in [0.2, 0.25) is 0 Å². The molecule has 1 fully saturated rings. The van der Waals surface area contributed by atoms with Crippen molar-refractivity contribution in [3.63, 3.8) is 0 Å². The van der Waals surface area contributed by atoms with E-state index in [1.807, 2.05) is 18.2 Å². The molecule has 0 aromatic heterocycles. The molecule has 0 atom stereocenters. The molecule has 0 unspecified atom stereocenters. The van der Waals surface area contributed by atoms with Crippen molar-refractivity contribution in [3.05, 3.63) is 29.8 Å². The summed E-state index contributed by atoms with van der Waals surface area (Å²) >= 11 is 3.63. The second-order valence-corrected chi connectivity index (χ2v) is 6.14. The summed E-state index contributed by atoms with van der Waals surface area (Å²) in [6, 6.07) is 7.35. The van der Waals surface area contributed by atoms with Crippen LogP contribution in [0.1, 0.15) is 42.5 Å². The van der Waals surface area contributed by atoms with E-state index in [0.29, 0.717) is 11.3 Å². The van der Waals surface area contributed by atoms with Crippen LogP contribution in [0, 0.1) is 5.41 Å². The van der Waals surface area contributed by atoms with Gasteiger partial charge in [0.25, 0.3) is 5.91 Å². The molecule has 1 aliphatic rings. The average Bonchev–Trinajstić information content (AvgIpc) is 2.53. The molecule has 20 heavy (non-hydrogen) atoms. The standard InChI is InChI=1S/C16H22BrNO2/c1-20-14-8-4-3-7-13(14)15(19)18-12-16(11-17)9-5-2-6-10-16/h3-4,7-8H,2,5-6,9-12H2,1H3,(H,18,19). The SMILES string of the molecule is COc1ccccc1C(=O)NCC1(CBr)CCCCC1. The zero-order valence-electron chi connectivity index (χ0n) is 12.0. The monoisotopic (exact) mass is 339 g/mol. The van der Waals surface area contributed by atoms with E-state index in [0.717, 1.165) is 11.9 Å². The molecule has 1 saturated carbocycles. The quantitative estimate of drug-likeness (QED) is 0.829. The second-order valence-electron chi connectivity index (χ2n) is 5.58. The molecule has 0 saturated heterocycles. The van der Waals surface area contributed by atoms with Crippen LogP contribution in [0.5, 0.6) is 5.75 Å². The van der Waals surface area contributed by atoms with Gasteiger partial charge in [0.1, 0.15) is 5.75 Å². The van der Waals surface area contributed by atoms with Crippen molar-refractivity contribution in [1.29, 1.82) is 0 Å². The number of ether oxygens (including phenoxy) is 1.